The minimum Gasteiger partial charge on any atom is -0.457 e. The average Bonchev–Trinajstić information content (AvgIpc) is 2.74. The normalized spacial score (nSPS) is 11.6. The Morgan fingerprint density at radius 3 is 2.43 bits per heavy atom. The lowest BCUT2D eigenvalue weighted by Gasteiger charge is -2.13. The van der Waals surface area contributed by atoms with Crippen LogP contribution in [0.4, 0.5) is 0 Å². The zero-order chi connectivity index (χ0) is 21.3. The standard InChI is InChI=1S/C23H19ClN2O3S/c1-15-14-26-23-20(7-4-8-21(23)24)22(15)16-5-3-6-18(13-16)29-17-9-11-19(12-10-17)30(27,28)25-2/h3-14,25H,1-2H3. The van der Waals surface area contributed by atoms with Gasteiger partial charge >= 0.3 is 0 Å². The van der Waals surface area contributed by atoms with Gasteiger partial charge in [0.2, 0.25) is 10.0 Å². The van der Waals surface area contributed by atoms with Crippen molar-refractivity contribution in [2.75, 3.05) is 7.05 Å². The maximum Gasteiger partial charge on any atom is 0.240 e. The van der Waals surface area contributed by atoms with E-state index in [-0.39, 0.29) is 4.90 Å². The van der Waals surface area contributed by atoms with Crippen molar-refractivity contribution in [3.63, 3.8) is 0 Å². The Morgan fingerprint density at radius 2 is 1.70 bits per heavy atom. The molecule has 30 heavy (non-hydrogen) atoms. The van der Waals surface area contributed by atoms with Gasteiger partial charge in [0.05, 0.1) is 15.4 Å². The highest BCUT2D eigenvalue weighted by atomic mass is 35.5. The monoisotopic (exact) mass is 438 g/mol. The number of hydrogen-bond acceptors (Lipinski definition) is 4. The number of para-hydroxylation sites is 1. The maximum absolute atomic E-state index is 11.9. The predicted octanol–water partition coefficient (Wildman–Crippen LogP) is 5.56. The first-order valence-corrected chi connectivity index (χ1v) is 11.1. The summed E-state index contributed by atoms with van der Waals surface area (Å²) in [4.78, 5) is 4.66. The zero-order valence-corrected chi connectivity index (χ0v) is 18.0. The van der Waals surface area contributed by atoms with Crippen LogP contribution in [0.3, 0.4) is 0 Å². The minimum atomic E-state index is -3.48. The highest BCUT2D eigenvalue weighted by molar-refractivity contribution is 7.89. The number of nitrogens with one attached hydrogen (secondary N) is 1. The first kappa shape index (κ1) is 20.3. The molecular formula is C23H19ClN2O3S. The van der Waals surface area contributed by atoms with Gasteiger partial charge in [0.1, 0.15) is 11.5 Å². The van der Waals surface area contributed by atoms with Crippen molar-refractivity contribution in [3.8, 4) is 22.6 Å². The molecule has 0 saturated heterocycles. The molecule has 152 valence electrons. The van der Waals surface area contributed by atoms with E-state index in [1.54, 1.807) is 12.1 Å². The van der Waals surface area contributed by atoms with E-state index in [0.29, 0.717) is 16.5 Å². The number of fused-ring (bicyclic) bond motifs is 1. The van der Waals surface area contributed by atoms with Crippen LogP contribution in [0.15, 0.2) is 77.8 Å². The quantitative estimate of drug-likeness (QED) is 0.442. The van der Waals surface area contributed by atoms with Gasteiger partial charge in [-0.05, 0) is 73.1 Å². The second kappa shape index (κ2) is 8.07. The molecular weight excluding hydrogens is 420 g/mol. The number of ether oxygens (including phenoxy) is 1. The lowest BCUT2D eigenvalue weighted by Crippen LogP contribution is -2.18. The summed E-state index contributed by atoms with van der Waals surface area (Å²) in [7, 11) is -2.10. The second-order valence-electron chi connectivity index (χ2n) is 6.76. The fourth-order valence-electron chi connectivity index (χ4n) is 3.33. The second-order valence-corrected chi connectivity index (χ2v) is 9.05. The van der Waals surface area contributed by atoms with E-state index >= 15 is 0 Å². The largest absolute Gasteiger partial charge is 0.457 e. The highest BCUT2D eigenvalue weighted by Crippen LogP contribution is 2.35. The Kier molecular flexibility index (Phi) is 5.47. The molecule has 1 aromatic heterocycles. The molecule has 0 aliphatic carbocycles. The number of benzene rings is 3. The Morgan fingerprint density at radius 1 is 0.967 bits per heavy atom. The Labute approximate surface area is 180 Å². The van der Waals surface area contributed by atoms with Gasteiger partial charge in [-0.1, -0.05) is 35.9 Å². The van der Waals surface area contributed by atoms with Crippen LogP contribution in [0.25, 0.3) is 22.0 Å². The first-order chi connectivity index (χ1) is 14.4. The van der Waals surface area contributed by atoms with Crippen molar-refractivity contribution >= 4 is 32.5 Å². The number of sulfonamides is 1. The van der Waals surface area contributed by atoms with Crippen molar-refractivity contribution in [1.82, 2.24) is 9.71 Å². The molecule has 0 atom stereocenters. The van der Waals surface area contributed by atoms with Crippen LogP contribution in [-0.4, -0.2) is 20.4 Å². The van der Waals surface area contributed by atoms with Crippen molar-refractivity contribution in [3.05, 3.63) is 83.5 Å². The van der Waals surface area contributed by atoms with E-state index in [1.807, 2.05) is 55.6 Å². The zero-order valence-electron chi connectivity index (χ0n) is 16.4. The van der Waals surface area contributed by atoms with E-state index in [2.05, 4.69) is 9.71 Å². The van der Waals surface area contributed by atoms with Crippen LogP contribution in [0.1, 0.15) is 5.56 Å². The summed E-state index contributed by atoms with van der Waals surface area (Å²) >= 11 is 6.33. The lowest BCUT2D eigenvalue weighted by atomic mass is 9.97. The molecule has 0 amide bonds. The van der Waals surface area contributed by atoms with Crippen molar-refractivity contribution in [1.29, 1.82) is 0 Å². The third-order valence-electron chi connectivity index (χ3n) is 4.80. The first-order valence-electron chi connectivity index (χ1n) is 9.25. The fourth-order valence-corrected chi connectivity index (χ4v) is 4.28. The summed E-state index contributed by atoms with van der Waals surface area (Å²) in [5, 5.41) is 1.58. The average molecular weight is 439 g/mol. The number of aromatic nitrogens is 1. The molecule has 0 aliphatic rings. The molecule has 0 unspecified atom stereocenters. The molecule has 0 radical (unpaired) electrons. The summed E-state index contributed by atoms with van der Waals surface area (Å²) in [6.45, 7) is 2.01. The molecule has 4 aromatic rings. The molecule has 0 saturated carbocycles. The summed E-state index contributed by atoms with van der Waals surface area (Å²) < 4.78 is 32.0. The highest BCUT2D eigenvalue weighted by Gasteiger charge is 2.13. The number of hydrogen-bond donors (Lipinski definition) is 1. The molecule has 0 fully saturated rings. The van der Waals surface area contributed by atoms with Crippen LogP contribution in [0.2, 0.25) is 5.02 Å². The SMILES string of the molecule is CNS(=O)(=O)c1ccc(Oc2cccc(-c3c(C)cnc4c(Cl)cccc34)c2)cc1. The molecule has 5 nitrogen and oxygen atoms in total. The van der Waals surface area contributed by atoms with E-state index in [1.165, 1.54) is 19.2 Å². The van der Waals surface area contributed by atoms with E-state index in [4.69, 9.17) is 16.3 Å². The third kappa shape index (κ3) is 3.89. The molecule has 0 bridgehead atoms. The van der Waals surface area contributed by atoms with Gasteiger partial charge < -0.3 is 4.74 Å². The van der Waals surface area contributed by atoms with Gasteiger partial charge in [0, 0.05) is 11.6 Å². The van der Waals surface area contributed by atoms with E-state index in [0.717, 1.165) is 27.6 Å². The van der Waals surface area contributed by atoms with Gasteiger partial charge in [0.25, 0.3) is 0 Å². The van der Waals surface area contributed by atoms with Crippen LogP contribution >= 0.6 is 11.6 Å². The molecule has 0 aliphatic heterocycles. The number of aryl methyl sites for hydroxylation is 1. The number of halogens is 1. The topological polar surface area (TPSA) is 68.3 Å². The summed E-state index contributed by atoms with van der Waals surface area (Å²) in [6, 6.07) is 19.7. The van der Waals surface area contributed by atoms with Crippen LogP contribution in [0.5, 0.6) is 11.5 Å². The molecule has 7 heteroatoms. The van der Waals surface area contributed by atoms with Crippen molar-refractivity contribution in [2.45, 2.75) is 11.8 Å². The maximum atomic E-state index is 11.9. The summed E-state index contributed by atoms with van der Waals surface area (Å²) in [5.41, 5.74) is 3.81. The predicted molar refractivity (Wildman–Crippen MR) is 120 cm³/mol. The summed E-state index contributed by atoms with van der Waals surface area (Å²) in [5.74, 6) is 1.18. The smallest absolute Gasteiger partial charge is 0.240 e. The van der Waals surface area contributed by atoms with E-state index < -0.39 is 10.0 Å². The lowest BCUT2D eigenvalue weighted by molar-refractivity contribution is 0.482. The van der Waals surface area contributed by atoms with Gasteiger partial charge in [0.15, 0.2) is 0 Å². The van der Waals surface area contributed by atoms with Crippen LogP contribution in [-0.2, 0) is 10.0 Å². The molecule has 1 N–H and O–H groups in total. The summed E-state index contributed by atoms with van der Waals surface area (Å²) in [6.07, 6.45) is 1.82. The van der Waals surface area contributed by atoms with E-state index in [9.17, 15) is 8.42 Å². The number of pyridine rings is 1. The Hall–Kier alpha value is -2.93. The number of rotatable bonds is 5. The van der Waals surface area contributed by atoms with Crippen LogP contribution in [0, 0.1) is 6.92 Å². The van der Waals surface area contributed by atoms with Crippen LogP contribution < -0.4 is 9.46 Å². The van der Waals surface area contributed by atoms with Gasteiger partial charge in [-0.3, -0.25) is 4.98 Å². The number of nitrogens with zero attached hydrogens (tertiary/aromatic N) is 1. The Balaban J connectivity index is 1.70. The minimum absolute atomic E-state index is 0.182. The Bertz CT molecular complexity index is 1340. The van der Waals surface area contributed by atoms with Gasteiger partial charge in [-0.25, -0.2) is 13.1 Å². The molecule has 1 heterocycles. The fraction of sp³-hybridized carbons (Fsp3) is 0.0870. The van der Waals surface area contributed by atoms with Crippen molar-refractivity contribution < 1.29 is 13.2 Å². The molecule has 3 aromatic carbocycles. The third-order valence-corrected chi connectivity index (χ3v) is 6.53. The van der Waals surface area contributed by atoms with Gasteiger partial charge in [-0.2, -0.15) is 0 Å². The van der Waals surface area contributed by atoms with Gasteiger partial charge in [-0.15, -0.1) is 0 Å². The molecule has 0 spiro atoms. The molecule has 4 rings (SSSR count). The van der Waals surface area contributed by atoms with Crippen molar-refractivity contribution in [2.24, 2.45) is 0 Å².